The van der Waals surface area contributed by atoms with Gasteiger partial charge >= 0.3 is 15.4 Å². The molecule has 0 saturated heterocycles. The molecule has 0 aliphatic rings. The molecule has 1 atom stereocenters. The van der Waals surface area contributed by atoms with Crippen molar-refractivity contribution in [1.82, 2.24) is 0 Å². The summed E-state index contributed by atoms with van der Waals surface area (Å²) in [6.45, 7) is 0.887. The minimum Gasteiger partial charge on any atom is -0.324 e. The minimum absolute atomic E-state index is 0.887. The van der Waals surface area contributed by atoms with Crippen molar-refractivity contribution in [2.75, 3.05) is 20.9 Å². The van der Waals surface area contributed by atoms with E-state index in [0.29, 0.717) is 0 Å². The Kier molecular flexibility index (Phi) is 3.91. The average Bonchev–Trinajstić information content (AvgIpc) is 1.84. The molecule has 6 nitrogen and oxygen atoms in total. The van der Waals surface area contributed by atoms with E-state index in [1.807, 2.05) is 0 Å². The molecule has 11 heavy (non-hydrogen) atoms. The third-order valence-corrected chi connectivity index (χ3v) is 3.61. The van der Waals surface area contributed by atoms with Gasteiger partial charge in [-0.15, -0.1) is 0 Å². The molecule has 0 bridgehead atoms. The molecule has 0 spiro atoms. The highest BCUT2D eigenvalue weighted by atomic mass is 31.3. The van der Waals surface area contributed by atoms with Crippen molar-refractivity contribution in [3.05, 3.63) is 0 Å². The van der Waals surface area contributed by atoms with E-state index in [4.69, 9.17) is 4.89 Å². The Morgan fingerprint density at radius 3 is 1.64 bits per heavy atom. The fraction of sp³-hybridized carbons (Fsp3) is 1.00. The van der Waals surface area contributed by atoms with Crippen molar-refractivity contribution in [2.24, 2.45) is 0 Å². The molecule has 0 aromatic heterocycles. The van der Waals surface area contributed by atoms with Crippen LogP contribution in [0.4, 0.5) is 0 Å². The molecule has 1 N–H and O–H groups in total. The van der Waals surface area contributed by atoms with E-state index < -0.39 is 15.4 Å². The fourth-order valence-corrected chi connectivity index (χ4v) is 2.49. The van der Waals surface area contributed by atoms with Crippen LogP contribution in [0.5, 0.6) is 0 Å². The molecule has 8 heteroatoms. The van der Waals surface area contributed by atoms with Crippen LogP contribution in [0.15, 0.2) is 0 Å². The standard InChI is InChI=1S/C3H10O6P2/c1-7-11(6,8-2)9-10(3,4)5/h1-3H3,(H,4,5). The third kappa shape index (κ3) is 4.69. The summed E-state index contributed by atoms with van der Waals surface area (Å²) in [6, 6.07) is 0. The SMILES string of the molecule is COP(=O)(OC)OP(C)(=O)O. The van der Waals surface area contributed by atoms with Gasteiger partial charge < -0.3 is 4.89 Å². The van der Waals surface area contributed by atoms with E-state index in [-0.39, 0.29) is 0 Å². The predicted octanol–water partition coefficient (Wildman–Crippen LogP) is 1.22. The molecular formula is C3H10O6P2. The monoisotopic (exact) mass is 204 g/mol. The first-order valence-corrected chi connectivity index (χ1v) is 6.04. The second kappa shape index (κ2) is 3.81. The summed E-state index contributed by atoms with van der Waals surface area (Å²) in [7, 11) is -5.54. The van der Waals surface area contributed by atoms with Gasteiger partial charge in [-0.1, -0.05) is 0 Å². The van der Waals surface area contributed by atoms with Gasteiger partial charge in [-0.3, -0.25) is 13.6 Å². The lowest BCUT2D eigenvalue weighted by Crippen LogP contribution is -1.92. The first kappa shape index (κ1) is 11.3. The molecule has 0 radical (unpaired) electrons. The molecule has 0 aromatic carbocycles. The summed E-state index contributed by atoms with van der Waals surface area (Å²) in [4.78, 5) is 8.62. The summed E-state index contributed by atoms with van der Waals surface area (Å²) in [5, 5.41) is 0. The molecule has 0 fully saturated rings. The normalized spacial score (nSPS) is 17.8. The molecule has 0 aliphatic heterocycles. The number of phosphoric acid groups is 1. The van der Waals surface area contributed by atoms with Crippen LogP contribution in [-0.4, -0.2) is 25.8 Å². The molecular weight excluding hydrogens is 194 g/mol. The predicted molar refractivity (Wildman–Crippen MR) is 38.5 cm³/mol. The smallest absolute Gasteiger partial charge is 0.324 e. The van der Waals surface area contributed by atoms with Gasteiger partial charge in [0.25, 0.3) is 0 Å². The summed E-state index contributed by atoms with van der Waals surface area (Å²) in [6.07, 6.45) is 0. The van der Waals surface area contributed by atoms with Crippen LogP contribution in [0, 0.1) is 0 Å². The topological polar surface area (TPSA) is 82.1 Å². The zero-order chi connectivity index (χ0) is 9.12. The van der Waals surface area contributed by atoms with E-state index in [2.05, 4.69) is 13.4 Å². The quantitative estimate of drug-likeness (QED) is 0.693. The third-order valence-electron chi connectivity index (χ3n) is 0.699. The van der Waals surface area contributed by atoms with Gasteiger partial charge in [-0.25, -0.2) is 8.88 Å². The Labute approximate surface area is 64.6 Å². The highest BCUT2D eigenvalue weighted by Gasteiger charge is 2.30. The van der Waals surface area contributed by atoms with Gasteiger partial charge in [0.2, 0.25) is 0 Å². The first-order valence-electron chi connectivity index (χ1n) is 2.56. The van der Waals surface area contributed by atoms with Crippen molar-refractivity contribution in [3.63, 3.8) is 0 Å². The average molecular weight is 204 g/mol. The van der Waals surface area contributed by atoms with Crippen LogP contribution in [0.2, 0.25) is 0 Å². The number of rotatable bonds is 4. The highest BCUT2D eigenvalue weighted by molar-refractivity contribution is 7.63. The van der Waals surface area contributed by atoms with Crippen LogP contribution in [-0.2, 0) is 22.5 Å². The second-order valence-corrected chi connectivity index (χ2v) is 5.58. The molecule has 0 amide bonds. The molecule has 0 saturated carbocycles. The lowest BCUT2D eigenvalue weighted by Gasteiger charge is -2.14. The Morgan fingerprint density at radius 1 is 1.18 bits per heavy atom. The van der Waals surface area contributed by atoms with E-state index in [1.165, 1.54) is 0 Å². The lowest BCUT2D eigenvalue weighted by molar-refractivity contribution is 0.203. The van der Waals surface area contributed by atoms with Crippen molar-refractivity contribution in [3.8, 4) is 0 Å². The maximum atomic E-state index is 11.0. The van der Waals surface area contributed by atoms with Crippen molar-refractivity contribution in [2.45, 2.75) is 0 Å². The Hall–Kier alpha value is 0.300. The van der Waals surface area contributed by atoms with Gasteiger partial charge in [0.05, 0.1) is 0 Å². The van der Waals surface area contributed by atoms with Crippen molar-refractivity contribution in [1.29, 1.82) is 0 Å². The van der Waals surface area contributed by atoms with Gasteiger partial charge in [0.1, 0.15) is 0 Å². The van der Waals surface area contributed by atoms with E-state index in [1.54, 1.807) is 0 Å². The van der Waals surface area contributed by atoms with Crippen LogP contribution in [0.25, 0.3) is 0 Å². The van der Waals surface area contributed by atoms with E-state index >= 15 is 0 Å². The molecule has 68 valence electrons. The molecule has 0 rings (SSSR count). The van der Waals surface area contributed by atoms with Gasteiger partial charge in [0.15, 0.2) is 0 Å². The van der Waals surface area contributed by atoms with E-state index in [9.17, 15) is 9.13 Å². The van der Waals surface area contributed by atoms with Crippen molar-refractivity contribution >= 4 is 15.4 Å². The summed E-state index contributed by atoms with van der Waals surface area (Å²) in [5.41, 5.74) is 0. The van der Waals surface area contributed by atoms with Crippen LogP contribution in [0.1, 0.15) is 0 Å². The zero-order valence-corrected chi connectivity index (χ0v) is 8.17. The lowest BCUT2D eigenvalue weighted by atomic mass is 11.8. The van der Waals surface area contributed by atoms with Crippen molar-refractivity contribution < 1.29 is 27.4 Å². The summed E-state index contributed by atoms with van der Waals surface area (Å²) in [5.74, 6) is 0. The maximum absolute atomic E-state index is 11.0. The minimum atomic E-state index is -3.83. The largest absolute Gasteiger partial charge is 0.481 e. The van der Waals surface area contributed by atoms with Crippen LogP contribution in [0.3, 0.4) is 0 Å². The molecule has 0 aliphatic carbocycles. The van der Waals surface area contributed by atoms with Crippen LogP contribution < -0.4 is 0 Å². The number of hydrogen-bond donors (Lipinski definition) is 1. The maximum Gasteiger partial charge on any atom is 0.481 e. The Morgan fingerprint density at radius 2 is 1.55 bits per heavy atom. The summed E-state index contributed by atoms with van der Waals surface area (Å²) < 4.78 is 34.1. The van der Waals surface area contributed by atoms with E-state index in [0.717, 1.165) is 20.9 Å². The van der Waals surface area contributed by atoms with Gasteiger partial charge in [-0.05, 0) is 0 Å². The highest BCUT2D eigenvalue weighted by Crippen LogP contribution is 2.60. The van der Waals surface area contributed by atoms with Gasteiger partial charge in [-0.2, -0.15) is 0 Å². The fourth-order valence-electron chi connectivity index (χ4n) is 0.327. The zero-order valence-electron chi connectivity index (χ0n) is 6.38. The molecule has 0 heterocycles. The number of phosphoric ester groups is 1. The first-order chi connectivity index (χ1) is 4.83. The Balaban J connectivity index is 4.34. The van der Waals surface area contributed by atoms with Gasteiger partial charge in [0, 0.05) is 20.9 Å². The molecule has 1 unspecified atom stereocenters. The number of hydrogen-bond acceptors (Lipinski definition) is 5. The summed E-state index contributed by atoms with van der Waals surface area (Å²) >= 11 is 0. The molecule has 0 aromatic rings. The Bertz CT molecular complexity index is 198. The second-order valence-electron chi connectivity index (χ2n) is 1.70. The van der Waals surface area contributed by atoms with Crippen LogP contribution >= 0.6 is 15.4 Å².